The number of anilines is 2. The monoisotopic (exact) mass is 422 g/mol. The van der Waals surface area contributed by atoms with Gasteiger partial charge in [-0.05, 0) is 42.0 Å². The Bertz CT molecular complexity index is 1190. The van der Waals surface area contributed by atoms with Crippen molar-refractivity contribution in [1.82, 2.24) is 14.1 Å². The normalized spacial score (nSPS) is 10.4. The van der Waals surface area contributed by atoms with Gasteiger partial charge < -0.3 is 14.8 Å². The lowest BCUT2D eigenvalue weighted by atomic mass is 10.2. The smallest absolute Gasteiger partial charge is 0.355 e. The van der Waals surface area contributed by atoms with Crippen molar-refractivity contribution in [2.24, 2.45) is 0 Å². The second kappa shape index (κ2) is 9.57. The number of carbonyl (C=O) groups is 1. The molecule has 0 aliphatic rings. The number of nitrogens with one attached hydrogen (secondary N) is 1. The highest BCUT2D eigenvalue weighted by Gasteiger charge is 2.14. The molecule has 0 spiro atoms. The number of benzene rings is 2. The van der Waals surface area contributed by atoms with E-state index in [1.165, 1.54) is 17.8 Å². The van der Waals surface area contributed by atoms with Gasteiger partial charge in [-0.3, -0.25) is 4.57 Å². The number of rotatable bonds is 8. The first-order valence-electron chi connectivity index (χ1n) is 9.37. The van der Waals surface area contributed by atoms with Crippen molar-refractivity contribution in [3.8, 4) is 5.75 Å². The molecule has 3 aromatic rings. The largest absolute Gasteiger partial charge is 0.497 e. The minimum atomic E-state index is -0.690. The number of aromatic nitrogens is 3. The fourth-order valence-corrected chi connectivity index (χ4v) is 2.90. The zero-order valence-electron chi connectivity index (χ0n) is 17.2. The SMILES string of the molecule is C=CCn1c(=O)nc(Nc2ccc(C(=O)OC)cc2)n(Cc2ccc(OC)cc2)c1=O. The number of hydrogen-bond acceptors (Lipinski definition) is 7. The van der Waals surface area contributed by atoms with Gasteiger partial charge in [-0.15, -0.1) is 6.58 Å². The van der Waals surface area contributed by atoms with Crippen LogP contribution in [0.1, 0.15) is 15.9 Å². The molecule has 0 unspecified atom stereocenters. The summed E-state index contributed by atoms with van der Waals surface area (Å²) in [6, 6.07) is 13.6. The zero-order valence-corrected chi connectivity index (χ0v) is 17.2. The average Bonchev–Trinajstić information content (AvgIpc) is 2.79. The molecule has 9 heteroatoms. The molecule has 0 saturated carbocycles. The van der Waals surface area contributed by atoms with E-state index >= 15 is 0 Å². The number of carbonyl (C=O) groups excluding carboxylic acids is 1. The summed E-state index contributed by atoms with van der Waals surface area (Å²) in [7, 11) is 2.87. The Kier molecular flexibility index (Phi) is 6.66. The Labute approximate surface area is 178 Å². The Morgan fingerprint density at radius 1 is 1.06 bits per heavy atom. The molecule has 160 valence electrons. The molecule has 0 atom stereocenters. The van der Waals surface area contributed by atoms with Crippen LogP contribution in [0.3, 0.4) is 0 Å². The molecule has 9 nitrogen and oxygen atoms in total. The average molecular weight is 422 g/mol. The fourth-order valence-electron chi connectivity index (χ4n) is 2.90. The van der Waals surface area contributed by atoms with Gasteiger partial charge in [-0.25, -0.2) is 19.0 Å². The van der Waals surface area contributed by atoms with E-state index in [0.717, 1.165) is 10.1 Å². The molecule has 0 radical (unpaired) electrons. The summed E-state index contributed by atoms with van der Waals surface area (Å²) >= 11 is 0. The van der Waals surface area contributed by atoms with E-state index < -0.39 is 17.3 Å². The van der Waals surface area contributed by atoms with Crippen LogP contribution in [0.15, 0.2) is 70.8 Å². The van der Waals surface area contributed by atoms with Crippen molar-refractivity contribution in [2.75, 3.05) is 19.5 Å². The zero-order chi connectivity index (χ0) is 22.4. The molecule has 0 aliphatic heterocycles. The van der Waals surface area contributed by atoms with Crippen molar-refractivity contribution in [3.05, 3.63) is 93.3 Å². The van der Waals surface area contributed by atoms with Gasteiger partial charge in [0.1, 0.15) is 5.75 Å². The Morgan fingerprint density at radius 3 is 2.32 bits per heavy atom. The van der Waals surface area contributed by atoms with E-state index in [4.69, 9.17) is 4.74 Å². The maximum absolute atomic E-state index is 13.0. The van der Waals surface area contributed by atoms with Crippen molar-refractivity contribution >= 4 is 17.6 Å². The molecule has 1 heterocycles. The van der Waals surface area contributed by atoms with Crippen LogP contribution < -0.4 is 21.4 Å². The van der Waals surface area contributed by atoms with Crippen LogP contribution in [-0.4, -0.2) is 34.3 Å². The summed E-state index contributed by atoms with van der Waals surface area (Å²) in [6.45, 7) is 3.81. The first-order chi connectivity index (χ1) is 15.0. The topological polar surface area (TPSA) is 104 Å². The lowest BCUT2D eigenvalue weighted by Crippen LogP contribution is -2.42. The number of allylic oxidation sites excluding steroid dienone is 1. The third-order valence-corrected chi connectivity index (χ3v) is 4.52. The van der Waals surface area contributed by atoms with E-state index in [1.807, 2.05) is 12.1 Å². The lowest BCUT2D eigenvalue weighted by Gasteiger charge is -2.15. The quantitative estimate of drug-likeness (QED) is 0.438. The molecular weight excluding hydrogens is 400 g/mol. The third kappa shape index (κ3) is 4.89. The van der Waals surface area contributed by atoms with Crippen molar-refractivity contribution < 1.29 is 14.3 Å². The van der Waals surface area contributed by atoms with Gasteiger partial charge in [0.25, 0.3) is 0 Å². The van der Waals surface area contributed by atoms with Crippen LogP contribution >= 0.6 is 0 Å². The molecule has 0 saturated heterocycles. The standard InChI is InChI=1S/C22H22N4O5/c1-4-13-25-21(28)24-20(23-17-9-7-16(8-10-17)19(27)31-3)26(22(25)29)14-15-5-11-18(30-2)12-6-15/h4-12H,1,13-14H2,2-3H3,(H,23,24,28). The summed E-state index contributed by atoms with van der Waals surface area (Å²) in [5, 5.41) is 2.99. The van der Waals surface area contributed by atoms with Crippen molar-refractivity contribution in [3.63, 3.8) is 0 Å². The van der Waals surface area contributed by atoms with E-state index in [2.05, 4.69) is 21.6 Å². The summed E-state index contributed by atoms with van der Waals surface area (Å²) in [6.07, 6.45) is 1.46. The minimum absolute atomic E-state index is 0.0430. The van der Waals surface area contributed by atoms with Crippen LogP contribution in [0.5, 0.6) is 5.75 Å². The number of hydrogen-bond donors (Lipinski definition) is 1. The molecule has 0 bridgehead atoms. The van der Waals surface area contributed by atoms with E-state index in [9.17, 15) is 14.4 Å². The van der Waals surface area contributed by atoms with Gasteiger partial charge in [0.15, 0.2) is 0 Å². The van der Waals surface area contributed by atoms with Crippen LogP contribution in [0.25, 0.3) is 0 Å². The molecule has 0 amide bonds. The van der Waals surface area contributed by atoms with Crippen LogP contribution in [-0.2, 0) is 17.8 Å². The molecule has 0 aliphatic carbocycles. The van der Waals surface area contributed by atoms with Gasteiger partial charge in [0.2, 0.25) is 5.95 Å². The van der Waals surface area contributed by atoms with Gasteiger partial charge in [-0.2, -0.15) is 4.98 Å². The van der Waals surface area contributed by atoms with Gasteiger partial charge in [0, 0.05) is 5.69 Å². The fraction of sp³-hybridized carbons (Fsp3) is 0.182. The molecule has 2 aromatic carbocycles. The predicted molar refractivity (Wildman–Crippen MR) is 116 cm³/mol. The Hall–Kier alpha value is -4.14. The molecular formula is C22H22N4O5. The Balaban J connectivity index is 2.01. The second-order valence-electron chi connectivity index (χ2n) is 6.53. The molecule has 3 rings (SSSR count). The maximum Gasteiger partial charge on any atom is 0.355 e. The first kappa shape index (κ1) is 21.6. The Morgan fingerprint density at radius 2 is 1.74 bits per heavy atom. The number of methoxy groups -OCH3 is 2. The van der Waals surface area contributed by atoms with Gasteiger partial charge in [0.05, 0.1) is 32.9 Å². The summed E-state index contributed by atoms with van der Waals surface area (Å²) in [4.78, 5) is 41.1. The molecule has 1 N–H and O–H groups in total. The summed E-state index contributed by atoms with van der Waals surface area (Å²) < 4.78 is 12.2. The molecule has 31 heavy (non-hydrogen) atoms. The molecule has 0 fully saturated rings. The van der Waals surface area contributed by atoms with E-state index in [0.29, 0.717) is 17.0 Å². The highest BCUT2D eigenvalue weighted by Crippen LogP contribution is 2.17. The predicted octanol–water partition coefficient (Wildman–Crippen LogP) is 2.18. The summed E-state index contributed by atoms with van der Waals surface area (Å²) in [5.41, 5.74) is 0.522. The van der Waals surface area contributed by atoms with Gasteiger partial charge in [-0.1, -0.05) is 18.2 Å². The van der Waals surface area contributed by atoms with Crippen molar-refractivity contribution in [2.45, 2.75) is 13.1 Å². The van der Waals surface area contributed by atoms with Crippen LogP contribution in [0.2, 0.25) is 0 Å². The highest BCUT2D eigenvalue weighted by molar-refractivity contribution is 5.89. The lowest BCUT2D eigenvalue weighted by molar-refractivity contribution is 0.0601. The number of ether oxygens (including phenoxy) is 2. The number of esters is 1. The molecule has 1 aromatic heterocycles. The first-order valence-corrected chi connectivity index (χ1v) is 9.37. The minimum Gasteiger partial charge on any atom is -0.497 e. The van der Waals surface area contributed by atoms with Gasteiger partial charge >= 0.3 is 17.3 Å². The highest BCUT2D eigenvalue weighted by atomic mass is 16.5. The van der Waals surface area contributed by atoms with E-state index in [1.54, 1.807) is 43.5 Å². The van der Waals surface area contributed by atoms with Crippen LogP contribution in [0, 0.1) is 0 Å². The van der Waals surface area contributed by atoms with E-state index in [-0.39, 0.29) is 19.0 Å². The van der Waals surface area contributed by atoms with Crippen LogP contribution in [0.4, 0.5) is 11.6 Å². The third-order valence-electron chi connectivity index (χ3n) is 4.52. The second-order valence-corrected chi connectivity index (χ2v) is 6.53. The maximum atomic E-state index is 13.0. The number of nitrogens with zero attached hydrogens (tertiary/aromatic N) is 3. The van der Waals surface area contributed by atoms with Crippen molar-refractivity contribution in [1.29, 1.82) is 0 Å². The summed E-state index contributed by atoms with van der Waals surface area (Å²) in [5.74, 6) is 0.306.